The fourth-order valence-corrected chi connectivity index (χ4v) is 1.22. The van der Waals surface area contributed by atoms with Crippen LogP contribution in [0.5, 0.6) is 0 Å². The molecule has 0 unspecified atom stereocenters. The van der Waals surface area contributed by atoms with Crippen molar-refractivity contribution < 1.29 is 16.7 Å². The van der Waals surface area contributed by atoms with Crippen LogP contribution in [0.4, 0.5) is 0 Å². The van der Waals surface area contributed by atoms with E-state index in [1.54, 1.807) is 0 Å². The third kappa shape index (κ3) is 11.6. The van der Waals surface area contributed by atoms with E-state index in [-0.39, 0.29) is 0 Å². The van der Waals surface area contributed by atoms with E-state index in [1.807, 2.05) is 0 Å². The maximum Gasteiger partial charge on any atom is 0.413 e. The number of hydrogen-bond acceptors (Lipinski definition) is 3. The predicted octanol–water partition coefficient (Wildman–Crippen LogP) is 3.38. The zero-order chi connectivity index (χ0) is 13.1. The third-order valence-electron chi connectivity index (χ3n) is 1.99. The maximum absolute atomic E-state index is 9.20. The first kappa shape index (κ1) is 16.4. The van der Waals surface area contributed by atoms with Gasteiger partial charge in [0, 0.05) is 0 Å². The molecule has 17 heavy (non-hydrogen) atoms. The van der Waals surface area contributed by atoms with Crippen molar-refractivity contribution in [1.29, 1.82) is 0 Å². The van der Waals surface area contributed by atoms with Gasteiger partial charge in [0.25, 0.3) is 0 Å². The normalized spacial score (nSPS) is 10.5. The Balaban J connectivity index is 0.000000366. The van der Waals surface area contributed by atoms with Crippen LogP contribution in [0.25, 0.3) is 0 Å². The Bertz CT molecular complexity index is 378. The summed E-state index contributed by atoms with van der Waals surface area (Å²) in [6, 6.07) is 10.7. The Kier molecular flexibility index (Phi) is 9.07. The van der Waals surface area contributed by atoms with Crippen molar-refractivity contribution in [3.63, 3.8) is 0 Å². The second-order valence-electron chi connectivity index (χ2n) is 3.43. The lowest BCUT2D eigenvalue weighted by atomic mass is 10.1. The van der Waals surface area contributed by atoms with Crippen molar-refractivity contribution in [2.24, 2.45) is 0 Å². The monoisotopic (exact) mass is 280 g/mol. The quantitative estimate of drug-likeness (QED) is 0.663. The van der Waals surface area contributed by atoms with Gasteiger partial charge in [-0.2, -0.15) is 8.42 Å². The summed E-state index contributed by atoms with van der Waals surface area (Å²) in [4.78, 5) is 0. The van der Waals surface area contributed by atoms with Crippen LogP contribution in [0.15, 0.2) is 30.3 Å². The first-order valence-corrected chi connectivity index (χ1v) is 6.98. The SMILES string of the molecule is CCCCCc1ccccc1.O=S(=O)(O)OCl. The molecule has 0 heterocycles. The highest BCUT2D eigenvalue weighted by atomic mass is 35.5. The minimum absolute atomic E-state index is 1.24. The van der Waals surface area contributed by atoms with E-state index in [2.05, 4.69) is 52.9 Å². The van der Waals surface area contributed by atoms with Crippen LogP contribution in [0.2, 0.25) is 0 Å². The van der Waals surface area contributed by atoms with E-state index in [0.29, 0.717) is 0 Å². The zero-order valence-corrected chi connectivity index (χ0v) is 11.2. The molecule has 0 aliphatic heterocycles. The molecule has 0 amide bonds. The zero-order valence-electron chi connectivity index (χ0n) is 9.67. The van der Waals surface area contributed by atoms with E-state index in [0.717, 1.165) is 0 Å². The minimum atomic E-state index is -4.40. The molecular formula is C11H17ClO4S. The van der Waals surface area contributed by atoms with Gasteiger partial charge in [0.1, 0.15) is 0 Å². The highest BCUT2D eigenvalue weighted by Gasteiger charge is 1.97. The summed E-state index contributed by atoms with van der Waals surface area (Å²) in [6.07, 6.45) is 5.25. The number of unbranched alkanes of at least 4 members (excludes halogenated alkanes) is 2. The van der Waals surface area contributed by atoms with E-state index in [4.69, 9.17) is 4.55 Å². The molecule has 0 aromatic heterocycles. The lowest BCUT2D eigenvalue weighted by molar-refractivity contribution is 0.400. The molecule has 1 aromatic rings. The number of aryl methyl sites for hydroxylation is 1. The van der Waals surface area contributed by atoms with Gasteiger partial charge in [-0.25, -0.2) is 0 Å². The van der Waals surface area contributed by atoms with E-state index in [1.165, 1.54) is 31.2 Å². The number of rotatable bonds is 5. The Morgan fingerprint density at radius 3 is 2.18 bits per heavy atom. The van der Waals surface area contributed by atoms with Crippen LogP contribution < -0.4 is 0 Å². The molecule has 0 aliphatic rings. The fourth-order valence-electron chi connectivity index (χ4n) is 1.22. The summed E-state index contributed by atoms with van der Waals surface area (Å²) in [5.74, 6) is 0. The second kappa shape index (κ2) is 9.41. The summed E-state index contributed by atoms with van der Waals surface area (Å²) in [5.41, 5.74) is 1.47. The molecule has 98 valence electrons. The number of halogens is 1. The van der Waals surface area contributed by atoms with Crippen LogP contribution >= 0.6 is 11.9 Å². The summed E-state index contributed by atoms with van der Waals surface area (Å²) >= 11 is 4.14. The Morgan fingerprint density at radius 1 is 1.24 bits per heavy atom. The van der Waals surface area contributed by atoms with Crippen molar-refractivity contribution in [2.75, 3.05) is 0 Å². The molecule has 0 saturated carbocycles. The third-order valence-corrected chi connectivity index (χ3v) is 2.63. The molecule has 0 bridgehead atoms. The largest absolute Gasteiger partial charge is 0.413 e. The Morgan fingerprint density at radius 2 is 1.76 bits per heavy atom. The summed E-state index contributed by atoms with van der Waals surface area (Å²) in [6.45, 7) is 2.24. The van der Waals surface area contributed by atoms with Gasteiger partial charge in [0.2, 0.25) is 0 Å². The summed E-state index contributed by atoms with van der Waals surface area (Å²) < 4.78 is 28.8. The van der Waals surface area contributed by atoms with Crippen molar-refractivity contribution in [2.45, 2.75) is 32.6 Å². The van der Waals surface area contributed by atoms with Gasteiger partial charge < -0.3 is 0 Å². The first-order valence-electron chi connectivity index (χ1n) is 5.31. The molecule has 1 rings (SSSR count). The van der Waals surface area contributed by atoms with Crippen LogP contribution in [0, 0.1) is 0 Å². The first-order chi connectivity index (χ1) is 7.99. The molecule has 0 aliphatic carbocycles. The molecule has 0 saturated heterocycles. The molecule has 4 nitrogen and oxygen atoms in total. The summed E-state index contributed by atoms with van der Waals surface area (Å²) in [7, 11) is -4.40. The molecule has 0 fully saturated rings. The van der Waals surface area contributed by atoms with Crippen molar-refractivity contribution in [1.82, 2.24) is 0 Å². The van der Waals surface area contributed by atoms with Crippen LogP contribution in [0.3, 0.4) is 0 Å². The average molecular weight is 281 g/mol. The van der Waals surface area contributed by atoms with Gasteiger partial charge in [-0.15, -0.1) is 3.74 Å². The molecule has 0 radical (unpaired) electrons. The summed E-state index contributed by atoms with van der Waals surface area (Å²) in [5, 5.41) is 0. The van der Waals surface area contributed by atoms with E-state index in [9.17, 15) is 8.42 Å². The second-order valence-corrected chi connectivity index (χ2v) is 4.79. The molecule has 6 heteroatoms. The van der Waals surface area contributed by atoms with E-state index < -0.39 is 10.4 Å². The van der Waals surface area contributed by atoms with Crippen LogP contribution in [0.1, 0.15) is 31.7 Å². The van der Waals surface area contributed by atoms with Gasteiger partial charge >= 0.3 is 10.4 Å². The maximum atomic E-state index is 9.20. The van der Waals surface area contributed by atoms with E-state index >= 15 is 0 Å². The van der Waals surface area contributed by atoms with Gasteiger partial charge in [0.05, 0.1) is 11.9 Å². The fraction of sp³-hybridized carbons (Fsp3) is 0.455. The molecule has 1 aromatic carbocycles. The molecular weight excluding hydrogens is 264 g/mol. The smallest absolute Gasteiger partial charge is 0.263 e. The molecule has 1 N–H and O–H groups in total. The van der Waals surface area contributed by atoms with Crippen molar-refractivity contribution in [3.8, 4) is 0 Å². The topological polar surface area (TPSA) is 63.6 Å². The van der Waals surface area contributed by atoms with Crippen LogP contribution in [-0.2, 0) is 20.6 Å². The van der Waals surface area contributed by atoms with Crippen molar-refractivity contribution in [3.05, 3.63) is 35.9 Å². The predicted molar refractivity (Wildman–Crippen MR) is 68.2 cm³/mol. The molecule has 0 atom stereocenters. The van der Waals surface area contributed by atoms with Gasteiger partial charge in [-0.3, -0.25) is 4.55 Å². The lowest BCUT2D eigenvalue weighted by Crippen LogP contribution is -1.92. The van der Waals surface area contributed by atoms with Gasteiger partial charge in [0.15, 0.2) is 0 Å². The lowest BCUT2D eigenvalue weighted by Gasteiger charge is -1.98. The van der Waals surface area contributed by atoms with Crippen molar-refractivity contribution >= 4 is 22.3 Å². The minimum Gasteiger partial charge on any atom is -0.263 e. The number of hydrogen-bond donors (Lipinski definition) is 1. The highest BCUT2D eigenvalue weighted by Crippen LogP contribution is 2.05. The van der Waals surface area contributed by atoms with Crippen LogP contribution in [-0.4, -0.2) is 13.0 Å². The standard InChI is InChI=1S/C11H16.ClHO4S/c1-2-3-5-8-11-9-6-4-7-10-11;1-5-6(2,3)4/h4,6-7,9-10H,2-3,5,8H2,1H3;(H,2,3,4). The number of benzene rings is 1. The van der Waals surface area contributed by atoms with Gasteiger partial charge in [-0.1, -0.05) is 50.1 Å². The Labute approximate surface area is 108 Å². The highest BCUT2D eigenvalue weighted by molar-refractivity contribution is 7.81. The van der Waals surface area contributed by atoms with Gasteiger partial charge in [-0.05, 0) is 18.4 Å². The Hall–Kier alpha value is -0.620. The average Bonchev–Trinajstić information content (AvgIpc) is 2.31. The molecule has 0 spiro atoms.